The maximum absolute atomic E-state index is 12.7. The summed E-state index contributed by atoms with van der Waals surface area (Å²) in [6.07, 6.45) is 3.33. The maximum atomic E-state index is 12.7. The Hall–Kier alpha value is -0.960. The van der Waals surface area contributed by atoms with Crippen LogP contribution < -0.4 is 0 Å². The summed E-state index contributed by atoms with van der Waals surface area (Å²) in [5, 5.41) is 1.78. The highest BCUT2D eigenvalue weighted by molar-refractivity contribution is 7.91. The predicted molar refractivity (Wildman–Crippen MR) is 99.1 cm³/mol. The van der Waals surface area contributed by atoms with Crippen molar-refractivity contribution in [1.29, 1.82) is 0 Å². The number of amides is 1. The Kier molecular flexibility index (Phi) is 5.82. The molecule has 1 amide bonds. The zero-order valence-corrected chi connectivity index (χ0v) is 16.6. The Morgan fingerprint density at radius 3 is 2.36 bits per heavy atom. The molecule has 2 aliphatic rings. The highest BCUT2D eigenvalue weighted by atomic mass is 32.2. The number of thiophene rings is 1. The van der Waals surface area contributed by atoms with Crippen molar-refractivity contribution in [3.05, 3.63) is 17.5 Å². The molecule has 0 radical (unpaired) electrons. The second kappa shape index (κ2) is 7.73. The van der Waals surface area contributed by atoms with Crippen LogP contribution in [0.4, 0.5) is 0 Å². The number of carbonyl (C=O) groups excluding carboxylic acids is 1. The van der Waals surface area contributed by atoms with Gasteiger partial charge >= 0.3 is 0 Å². The van der Waals surface area contributed by atoms with E-state index in [1.807, 2.05) is 4.90 Å². The van der Waals surface area contributed by atoms with E-state index in [4.69, 9.17) is 0 Å². The van der Waals surface area contributed by atoms with E-state index in [9.17, 15) is 13.2 Å². The molecule has 0 aliphatic carbocycles. The zero-order valence-electron chi connectivity index (χ0n) is 14.9. The van der Waals surface area contributed by atoms with E-state index in [-0.39, 0.29) is 5.91 Å². The molecule has 2 aliphatic heterocycles. The molecule has 0 spiro atoms. The number of hydrogen-bond acceptors (Lipinski definition) is 5. The van der Waals surface area contributed by atoms with E-state index in [2.05, 4.69) is 18.7 Å². The van der Waals surface area contributed by atoms with Crippen LogP contribution in [0.25, 0.3) is 0 Å². The Bertz CT molecular complexity index is 672. The van der Waals surface area contributed by atoms with E-state index in [0.717, 1.165) is 12.8 Å². The topological polar surface area (TPSA) is 60.9 Å². The van der Waals surface area contributed by atoms with Crippen LogP contribution in [0.3, 0.4) is 0 Å². The van der Waals surface area contributed by atoms with E-state index < -0.39 is 10.0 Å². The molecule has 2 fully saturated rings. The van der Waals surface area contributed by atoms with Gasteiger partial charge in [0.2, 0.25) is 5.91 Å². The van der Waals surface area contributed by atoms with Gasteiger partial charge in [-0.25, -0.2) is 8.42 Å². The van der Waals surface area contributed by atoms with Crippen molar-refractivity contribution in [3.63, 3.8) is 0 Å². The summed E-state index contributed by atoms with van der Waals surface area (Å²) >= 11 is 1.25. The van der Waals surface area contributed by atoms with Crippen LogP contribution >= 0.6 is 11.3 Å². The van der Waals surface area contributed by atoms with Crippen LogP contribution in [-0.2, 0) is 14.8 Å². The van der Waals surface area contributed by atoms with Crippen molar-refractivity contribution < 1.29 is 13.2 Å². The second-order valence-electron chi connectivity index (χ2n) is 7.04. The van der Waals surface area contributed by atoms with Gasteiger partial charge in [0.25, 0.3) is 10.0 Å². The van der Waals surface area contributed by atoms with Crippen molar-refractivity contribution >= 4 is 27.3 Å². The molecule has 0 unspecified atom stereocenters. The van der Waals surface area contributed by atoms with Crippen LogP contribution in [-0.4, -0.2) is 73.2 Å². The molecular formula is C17H27N3O3S2. The number of sulfonamides is 1. The van der Waals surface area contributed by atoms with E-state index >= 15 is 0 Å². The van der Waals surface area contributed by atoms with Gasteiger partial charge in [-0.15, -0.1) is 11.3 Å². The Labute approximate surface area is 154 Å². The van der Waals surface area contributed by atoms with E-state index in [1.54, 1.807) is 17.5 Å². The fourth-order valence-corrected chi connectivity index (χ4v) is 6.42. The fraction of sp³-hybridized carbons (Fsp3) is 0.706. The first kappa shape index (κ1) is 18.8. The molecule has 140 valence electrons. The Balaban J connectivity index is 1.55. The first-order chi connectivity index (χ1) is 11.9. The molecule has 2 saturated heterocycles. The van der Waals surface area contributed by atoms with Gasteiger partial charge in [-0.3, -0.25) is 9.69 Å². The number of hydrogen-bond donors (Lipinski definition) is 0. The van der Waals surface area contributed by atoms with Gasteiger partial charge in [0.1, 0.15) is 4.21 Å². The van der Waals surface area contributed by atoms with Crippen molar-refractivity contribution in [2.75, 3.05) is 32.7 Å². The largest absolute Gasteiger partial charge is 0.336 e. The third-order valence-corrected chi connectivity index (χ3v) is 8.53. The molecule has 0 bridgehead atoms. The number of carbonyl (C=O) groups is 1. The number of rotatable bonds is 4. The first-order valence-corrected chi connectivity index (χ1v) is 11.3. The van der Waals surface area contributed by atoms with Crippen LogP contribution in [0.15, 0.2) is 21.7 Å². The summed E-state index contributed by atoms with van der Waals surface area (Å²) in [5.74, 6) is 0.175. The number of nitrogens with zero attached hydrogens (tertiary/aromatic N) is 3. The average molecular weight is 386 g/mol. The molecule has 2 atom stereocenters. The Morgan fingerprint density at radius 1 is 1.16 bits per heavy atom. The summed E-state index contributed by atoms with van der Waals surface area (Å²) in [4.78, 5) is 16.8. The summed E-state index contributed by atoms with van der Waals surface area (Å²) < 4.78 is 27.0. The zero-order chi connectivity index (χ0) is 18.0. The highest BCUT2D eigenvalue weighted by Crippen LogP contribution is 2.24. The smallest absolute Gasteiger partial charge is 0.252 e. The summed E-state index contributed by atoms with van der Waals surface area (Å²) in [5.41, 5.74) is 0. The van der Waals surface area contributed by atoms with Crippen molar-refractivity contribution in [2.45, 2.75) is 49.4 Å². The highest BCUT2D eigenvalue weighted by Gasteiger charge is 2.33. The normalized spacial score (nSPS) is 26.7. The summed E-state index contributed by atoms with van der Waals surface area (Å²) in [7, 11) is -3.38. The minimum absolute atomic E-state index is 0.175. The van der Waals surface area contributed by atoms with Gasteiger partial charge in [-0.2, -0.15) is 4.31 Å². The lowest BCUT2D eigenvalue weighted by Crippen LogP contribution is -2.54. The Morgan fingerprint density at radius 2 is 1.80 bits per heavy atom. The van der Waals surface area contributed by atoms with Crippen LogP contribution in [0.5, 0.6) is 0 Å². The monoisotopic (exact) mass is 385 g/mol. The lowest BCUT2D eigenvalue weighted by atomic mass is 9.97. The van der Waals surface area contributed by atoms with E-state index in [1.165, 1.54) is 22.1 Å². The van der Waals surface area contributed by atoms with E-state index in [0.29, 0.717) is 49.0 Å². The molecule has 1 aromatic heterocycles. The molecule has 0 saturated carbocycles. The molecule has 3 rings (SSSR count). The molecular weight excluding hydrogens is 358 g/mol. The fourth-order valence-electron chi connectivity index (χ4n) is 3.85. The standard InChI is InChI=1S/C17H27N3O3S2/c1-14-5-3-6-15(2)20(14)16(21)13-18-8-10-19(11-9-18)25(22,23)17-7-4-12-24-17/h4,7,12,14-15H,3,5-6,8-11,13H2,1-2H3/t14-,15-/m0/s1. The number of piperidine rings is 1. The van der Waals surface area contributed by atoms with Gasteiger partial charge < -0.3 is 4.90 Å². The molecule has 1 aromatic rings. The second-order valence-corrected chi connectivity index (χ2v) is 10.2. The van der Waals surface area contributed by atoms with Crippen molar-refractivity contribution in [2.24, 2.45) is 0 Å². The molecule has 0 N–H and O–H groups in total. The SMILES string of the molecule is C[C@H]1CCC[C@H](C)N1C(=O)CN1CCN(S(=O)(=O)c2cccs2)CC1. The third kappa shape index (κ3) is 4.07. The minimum atomic E-state index is -3.38. The van der Waals surface area contributed by atoms with Crippen LogP contribution in [0.1, 0.15) is 33.1 Å². The average Bonchev–Trinajstić information content (AvgIpc) is 3.10. The summed E-state index contributed by atoms with van der Waals surface area (Å²) in [6.45, 7) is 6.73. The lowest BCUT2D eigenvalue weighted by Gasteiger charge is -2.41. The van der Waals surface area contributed by atoms with Gasteiger partial charge in [-0.1, -0.05) is 6.07 Å². The van der Waals surface area contributed by atoms with Crippen molar-refractivity contribution in [3.8, 4) is 0 Å². The lowest BCUT2D eigenvalue weighted by molar-refractivity contribution is -0.138. The van der Waals surface area contributed by atoms with Gasteiger partial charge in [0.15, 0.2) is 0 Å². The van der Waals surface area contributed by atoms with Crippen molar-refractivity contribution in [1.82, 2.24) is 14.1 Å². The molecule has 25 heavy (non-hydrogen) atoms. The predicted octanol–water partition coefficient (Wildman–Crippen LogP) is 1.84. The number of likely N-dealkylation sites (tertiary alicyclic amines) is 1. The first-order valence-electron chi connectivity index (χ1n) is 8.97. The van der Waals surface area contributed by atoms with Gasteiger partial charge in [0.05, 0.1) is 6.54 Å². The molecule has 6 nitrogen and oxygen atoms in total. The maximum Gasteiger partial charge on any atom is 0.252 e. The molecule has 3 heterocycles. The van der Waals surface area contributed by atoms with Gasteiger partial charge in [-0.05, 0) is 44.6 Å². The quantitative estimate of drug-likeness (QED) is 0.794. The van der Waals surface area contributed by atoms with Gasteiger partial charge in [0, 0.05) is 38.3 Å². The minimum Gasteiger partial charge on any atom is -0.336 e. The summed E-state index contributed by atoms with van der Waals surface area (Å²) in [6, 6.07) is 4.01. The molecule has 8 heteroatoms. The molecule has 0 aromatic carbocycles. The van der Waals surface area contributed by atoms with Crippen LogP contribution in [0.2, 0.25) is 0 Å². The van der Waals surface area contributed by atoms with Crippen LogP contribution in [0, 0.1) is 0 Å². The third-order valence-electron chi connectivity index (χ3n) is 5.26. The number of piperazine rings is 1.